The minimum Gasteiger partial charge on any atom is -0.312 e. The van der Waals surface area contributed by atoms with Crippen molar-refractivity contribution in [2.75, 3.05) is 5.32 Å². The largest absolute Gasteiger partial charge is 0.312 e. The highest BCUT2D eigenvalue weighted by molar-refractivity contribution is 7.16. The van der Waals surface area contributed by atoms with E-state index in [1.54, 1.807) is 0 Å². The van der Waals surface area contributed by atoms with Crippen molar-refractivity contribution >= 4 is 39.5 Å². The van der Waals surface area contributed by atoms with E-state index >= 15 is 0 Å². The molecule has 128 valence electrons. The Bertz CT molecular complexity index is 901. The van der Waals surface area contributed by atoms with Gasteiger partial charge in [-0.15, -0.1) is 11.3 Å². The number of benzene rings is 1. The van der Waals surface area contributed by atoms with Gasteiger partial charge in [0.05, 0.1) is 21.1 Å². The van der Waals surface area contributed by atoms with Gasteiger partial charge in [-0.1, -0.05) is 18.0 Å². The molecule has 8 heteroatoms. The van der Waals surface area contributed by atoms with Gasteiger partial charge in [-0.3, -0.25) is 14.9 Å². The summed E-state index contributed by atoms with van der Waals surface area (Å²) in [5.74, 6) is -0.554. The summed E-state index contributed by atoms with van der Waals surface area (Å²) >= 11 is 7.42. The summed E-state index contributed by atoms with van der Waals surface area (Å²) in [6.45, 7) is 0. The number of nitrogens with one attached hydrogen (secondary N) is 1. The van der Waals surface area contributed by atoms with Gasteiger partial charge in [0.1, 0.15) is 11.1 Å². The first-order valence-electron chi connectivity index (χ1n) is 7.81. The Labute approximate surface area is 153 Å². The zero-order valence-electron chi connectivity index (χ0n) is 13.2. The van der Waals surface area contributed by atoms with E-state index in [1.807, 2.05) is 0 Å². The number of nitro benzene ring substituents is 1. The van der Waals surface area contributed by atoms with Crippen LogP contribution in [0.15, 0.2) is 18.2 Å². The number of nitriles is 1. The van der Waals surface area contributed by atoms with Crippen LogP contribution in [-0.2, 0) is 12.8 Å². The second kappa shape index (κ2) is 7.21. The predicted octanol–water partition coefficient (Wildman–Crippen LogP) is 4.70. The molecule has 1 aliphatic rings. The first-order valence-corrected chi connectivity index (χ1v) is 9.00. The third-order valence-electron chi connectivity index (χ3n) is 4.17. The van der Waals surface area contributed by atoms with Crippen LogP contribution in [0.3, 0.4) is 0 Å². The number of nitro groups is 1. The molecule has 0 spiro atoms. The quantitative estimate of drug-likeness (QED) is 0.477. The minimum absolute atomic E-state index is 0.0170. The fourth-order valence-corrected chi connectivity index (χ4v) is 4.36. The zero-order valence-corrected chi connectivity index (χ0v) is 14.7. The van der Waals surface area contributed by atoms with Gasteiger partial charge in [0.2, 0.25) is 0 Å². The Kier molecular flexibility index (Phi) is 5.02. The monoisotopic (exact) mass is 375 g/mol. The highest BCUT2D eigenvalue weighted by atomic mass is 35.5. The smallest absolute Gasteiger partial charge is 0.270 e. The van der Waals surface area contributed by atoms with Gasteiger partial charge in [-0.2, -0.15) is 5.26 Å². The number of rotatable bonds is 3. The van der Waals surface area contributed by atoms with Gasteiger partial charge in [0.25, 0.3) is 11.6 Å². The average molecular weight is 376 g/mol. The molecule has 0 fully saturated rings. The van der Waals surface area contributed by atoms with E-state index in [1.165, 1.54) is 23.5 Å². The van der Waals surface area contributed by atoms with Crippen LogP contribution in [0.5, 0.6) is 0 Å². The van der Waals surface area contributed by atoms with Gasteiger partial charge in [0.15, 0.2) is 0 Å². The van der Waals surface area contributed by atoms with E-state index in [0.717, 1.165) is 48.6 Å². The van der Waals surface area contributed by atoms with E-state index in [9.17, 15) is 20.2 Å². The van der Waals surface area contributed by atoms with Crippen molar-refractivity contribution in [3.05, 3.63) is 54.9 Å². The number of fused-ring (bicyclic) bond motifs is 1. The lowest BCUT2D eigenvalue weighted by Gasteiger charge is -2.06. The number of carbonyl (C=O) groups excluding carboxylic acids is 1. The SMILES string of the molecule is N#Cc1c(NC(=O)c2cc([N+](=O)[O-])ccc2Cl)sc2c1CCCCC2. The van der Waals surface area contributed by atoms with Crippen LogP contribution >= 0.6 is 22.9 Å². The van der Waals surface area contributed by atoms with Crippen LogP contribution in [0.2, 0.25) is 5.02 Å². The molecule has 0 saturated heterocycles. The molecule has 0 radical (unpaired) electrons. The number of hydrogen-bond donors (Lipinski definition) is 1. The number of anilines is 1. The lowest BCUT2D eigenvalue weighted by atomic mass is 10.1. The molecule has 3 rings (SSSR count). The summed E-state index contributed by atoms with van der Waals surface area (Å²) < 4.78 is 0. The Hall–Kier alpha value is -2.43. The maximum atomic E-state index is 12.5. The first-order chi connectivity index (χ1) is 12.0. The molecule has 1 aromatic heterocycles. The van der Waals surface area contributed by atoms with Crippen LogP contribution in [-0.4, -0.2) is 10.8 Å². The predicted molar refractivity (Wildman–Crippen MR) is 96.4 cm³/mol. The lowest BCUT2D eigenvalue weighted by molar-refractivity contribution is -0.384. The normalized spacial score (nSPS) is 13.4. The summed E-state index contributed by atoms with van der Waals surface area (Å²) in [4.78, 5) is 24.0. The van der Waals surface area contributed by atoms with Crippen molar-refractivity contribution < 1.29 is 9.72 Å². The van der Waals surface area contributed by atoms with Crippen molar-refractivity contribution in [1.82, 2.24) is 0 Å². The number of nitrogens with zero attached hydrogens (tertiary/aromatic N) is 2. The Morgan fingerprint density at radius 3 is 2.80 bits per heavy atom. The number of non-ortho nitro benzene ring substituents is 1. The van der Waals surface area contributed by atoms with Gasteiger partial charge in [-0.05, 0) is 37.3 Å². The Morgan fingerprint density at radius 2 is 2.08 bits per heavy atom. The molecule has 0 unspecified atom stereocenters. The van der Waals surface area contributed by atoms with Crippen LogP contribution in [0.1, 0.15) is 45.6 Å². The summed E-state index contributed by atoms with van der Waals surface area (Å²) in [5.41, 5.74) is 1.32. The fraction of sp³-hybridized carbons (Fsp3) is 0.294. The maximum Gasteiger partial charge on any atom is 0.270 e. The molecule has 0 bridgehead atoms. The van der Waals surface area contributed by atoms with Crippen molar-refractivity contribution in [1.29, 1.82) is 5.26 Å². The molecule has 1 amide bonds. The van der Waals surface area contributed by atoms with E-state index < -0.39 is 10.8 Å². The highest BCUT2D eigenvalue weighted by Crippen LogP contribution is 2.37. The number of halogens is 1. The number of hydrogen-bond acceptors (Lipinski definition) is 5. The van der Waals surface area contributed by atoms with Crippen LogP contribution in [0, 0.1) is 21.4 Å². The number of aryl methyl sites for hydroxylation is 1. The standard InChI is InChI=1S/C17H14ClN3O3S/c18-14-7-6-10(21(23)24)8-12(14)16(22)20-17-13(9-19)11-4-2-1-3-5-15(11)25-17/h6-8H,1-5H2,(H,20,22). The number of amides is 1. The van der Waals surface area contributed by atoms with Gasteiger partial charge < -0.3 is 5.32 Å². The molecule has 25 heavy (non-hydrogen) atoms. The average Bonchev–Trinajstić information content (AvgIpc) is 2.75. The Morgan fingerprint density at radius 1 is 1.32 bits per heavy atom. The van der Waals surface area contributed by atoms with Gasteiger partial charge in [-0.25, -0.2) is 0 Å². The molecule has 0 saturated carbocycles. The highest BCUT2D eigenvalue weighted by Gasteiger charge is 2.23. The van der Waals surface area contributed by atoms with E-state index in [2.05, 4.69) is 11.4 Å². The maximum absolute atomic E-state index is 12.5. The molecular formula is C17H14ClN3O3S. The molecule has 1 aromatic carbocycles. The summed E-state index contributed by atoms with van der Waals surface area (Å²) in [7, 11) is 0. The fourth-order valence-electron chi connectivity index (χ4n) is 2.92. The molecule has 0 aliphatic heterocycles. The minimum atomic E-state index is -0.582. The summed E-state index contributed by atoms with van der Waals surface area (Å²) in [5, 5.41) is 23.7. The van der Waals surface area contributed by atoms with Crippen LogP contribution < -0.4 is 5.32 Å². The third-order valence-corrected chi connectivity index (χ3v) is 5.70. The van der Waals surface area contributed by atoms with Gasteiger partial charge >= 0.3 is 0 Å². The third kappa shape index (κ3) is 3.50. The summed E-state index contributed by atoms with van der Waals surface area (Å²) in [6.07, 6.45) is 4.98. The van der Waals surface area contributed by atoms with Crippen molar-refractivity contribution in [3.8, 4) is 6.07 Å². The van der Waals surface area contributed by atoms with Crippen molar-refractivity contribution in [2.24, 2.45) is 0 Å². The zero-order chi connectivity index (χ0) is 18.0. The number of carbonyl (C=O) groups is 1. The molecule has 1 N–H and O–H groups in total. The molecule has 1 aliphatic carbocycles. The van der Waals surface area contributed by atoms with Crippen molar-refractivity contribution in [2.45, 2.75) is 32.1 Å². The van der Waals surface area contributed by atoms with E-state index in [4.69, 9.17) is 11.6 Å². The summed E-state index contributed by atoms with van der Waals surface area (Å²) in [6, 6.07) is 5.89. The molecule has 6 nitrogen and oxygen atoms in total. The van der Waals surface area contributed by atoms with E-state index in [-0.39, 0.29) is 16.3 Å². The molecule has 2 aromatic rings. The molecule has 1 heterocycles. The number of thiophene rings is 1. The van der Waals surface area contributed by atoms with Crippen LogP contribution in [0.25, 0.3) is 0 Å². The molecule has 0 atom stereocenters. The Balaban J connectivity index is 1.93. The lowest BCUT2D eigenvalue weighted by Crippen LogP contribution is -2.13. The molecular weight excluding hydrogens is 362 g/mol. The first kappa shape index (κ1) is 17.4. The van der Waals surface area contributed by atoms with Crippen LogP contribution in [0.4, 0.5) is 10.7 Å². The van der Waals surface area contributed by atoms with E-state index in [0.29, 0.717) is 10.6 Å². The second-order valence-corrected chi connectivity index (χ2v) is 7.27. The van der Waals surface area contributed by atoms with Crippen molar-refractivity contribution in [3.63, 3.8) is 0 Å². The van der Waals surface area contributed by atoms with Gasteiger partial charge in [0, 0.05) is 17.0 Å². The topological polar surface area (TPSA) is 96.0 Å². The second-order valence-electron chi connectivity index (χ2n) is 5.76.